The molecular weight excluding hydrogens is 369 g/mol. The Bertz CT molecular complexity index is 895. The molecule has 0 radical (unpaired) electrons. The van der Waals surface area contributed by atoms with E-state index in [1.807, 2.05) is 0 Å². The van der Waals surface area contributed by atoms with Crippen molar-refractivity contribution >= 4 is 40.6 Å². The monoisotopic (exact) mass is 379 g/mol. The van der Waals surface area contributed by atoms with Gasteiger partial charge in [-0.1, -0.05) is 17.7 Å². The molecule has 0 saturated carbocycles. The van der Waals surface area contributed by atoms with Crippen molar-refractivity contribution < 1.29 is 24.2 Å². The molecule has 2 aromatic rings. The summed E-state index contributed by atoms with van der Waals surface area (Å²) in [7, 11) is 0. The van der Waals surface area contributed by atoms with Crippen LogP contribution in [-0.4, -0.2) is 26.3 Å². The van der Waals surface area contributed by atoms with Crippen molar-refractivity contribution in [2.75, 3.05) is 0 Å². The molecule has 2 amide bonds. The lowest BCUT2D eigenvalue weighted by molar-refractivity contribution is -0.123. The summed E-state index contributed by atoms with van der Waals surface area (Å²) in [4.78, 5) is 25.5. The van der Waals surface area contributed by atoms with Crippen molar-refractivity contribution in [2.24, 2.45) is 0 Å². The first-order valence-corrected chi connectivity index (χ1v) is 8.26. The minimum Gasteiger partial charge on any atom is -0.508 e. The SMILES string of the molecule is O=C1S/C(=C\c2ccc(O)cc2O)C(=O)N1Cc1c(F)cccc1Cl. The van der Waals surface area contributed by atoms with Gasteiger partial charge in [-0.15, -0.1) is 0 Å². The number of benzene rings is 2. The third kappa shape index (κ3) is 3.47. The predicted octanol–water partition coefficient (Wildman–Crippen LogP) is 4.13. The molecule has 0 aromatic heterocycles. The van der Waals surface area contributed by atoms with Crippen LogP contribution in [0.5, 0.6) is 11.5 Å². The lowest BCUT2D eigenvalue weighted by Crippen LogP contribution is -2.28. The Kier molecular flexibility index (Phi) is 4.69. The van der Waals surface area contributed by atoms with E-state index in [2.05, 4.69) is 0 Å². The number of carbonyl (C=O) groups excluding carboxylic acids is 2. The largest absolute Gasteiger partial charge is 0.508 e. The summed E-state index contributed by atoms with van der Waals surface area (Å²) < 4.78 is 13.9. The second kappa shape index (κ2) is 6.78. The third-order valence-corrected chi connectivity index (χ3v) is 4.81. The summed E-state index contributed by atoms with van der Waals surface area (Å²) in [6, 6.07) is 7.98. The zero-order valence-corrected chi connectivity index (χ0v) is 14.1. The Balaban J connectivity index is 1.89. The Morgan fingerprint density at radius 3 is 2.64 bits per heavy atom. The maximum Gasteiger partial charge on any atom is 0.293 e. The predicted molar refractivity (Wildman–Crippen MR) is 92.7 cm³/mol. The van der Waals surface area contributed by atoms with Crippen LogP contribution in [0.15, 0.2) is 41.3 Å². The van der Waals surface area contributed by atoms with Crippen LogP contribution in [0.1, 0.15) is 11.1 Å². The van der Waals surface area contributed by atoms with Gasteiger partial charge in [-0.25, -0.2) is 4.39 Å². The standard InChI is InChI=1S/C17H11ClFNO4S/c18-12-2-1-3-13(19)11(12)8-20-16(23)15(25-17(20)24)6-9-4-5-10(21)7-14(9)22/h1-7,21-22H,8H2/b15-6-. The van der Waals surface area contributed by atoms with E-state index < -0.39 is 17.0 Å². The van der Waals surface area contributed by atoms with E-state index in [0.29, 0.717) is 11.8 Å². The van der Waals surface area contributed by atoms with Crippen LogP contribution in [0.4, 0.5) is 9.18 Å². The summed E-state index contributed by atoms with van der Waals surface area (Å²) in [6.45, 7) is -0.283. The topological polar surface area (TPSA) is 77.8 Å². The van der Waals surface area contributed by atoms with Crippen LogP contribution in [0.3, 0.4) is 0 Å². The van der Waals surface area contributed by atoms with Crippen molar-refractivity contribution in [2.45, 2.75) is 6.54 Å². The summed E-state index contributed by atoms with van der Waals surface area (Å²) in [5.74, 6) is -1.57. The van der Waals surface area contributed by atoms with Crippen LogP contribution >= 0.6 is 23.4 Å². The van der Waals surface area contributed by atoms with E-state index in [4.69, 9.17) is 11.6 Å². The normalized spacial score (nSPS) is 16.1. The van der Waals surface area contributed by atoms with Gasteiger partial charge < -0.3 is 10.2 Å². The average Bonchev–Trinajstić information content (AvgIpc) is 2.80. The van der Waals surface area contributed by atoms with Crippen molar-refractivity contribution in [3.63, 3.8) is 0 Å². The van der Waals surface area contributed by atoms with Gasteiger partial charge in [-0.2, -0.15) is 0 Å². The summed E-state index contributed by atoms with van der Waals surface area (Å²) in [6.07, 6.45) is 1.34. The highest BCUT2D eigenvalue weighted by atomic mass is 35.5. The third-order valence-electron chi connectivity index (χ3n) is 3.55. The minimum absolute atomic E-state index is 0.0557. The first-order chi connectivity index (χ1) is 11.9. The smallest absolute Gasteiger partial charge is 0.293 e. The number of aromatic hydroxyl groups is 2. The van der Waals surface area contributed by atoms with Crippen molar-refractivity contribution in [1.29, 1.82) is 0 Å². The first-order valence-electron chi connectivity index (χ1n) is 7.07. The second-order valence-corrected chi connectivity index (χ2v) is 6.61. The fraction of sp³-hybridized carbons (Fsp3) is 0.0588. The number of phenols is 2. The molecule has 2 N–H and O–H groups in total. The van der Waals surface area contributed by atoms with E-state index in [-0.39, 0.29) is 39.1 Å². The summed E-state index contributed by atoms with van der Waals surface area (Å²) in [5, 5.41) is 18.6. The number of amides is 2. The average molecular weight is 380 g/mol. The fourth-order valence-electron chi connectivity index (χ4n) is 2.27. The van der Waals surface area contributed by atoms with Crippen molar-refractivity contribution in [3.8, 4) is 11.5 Å². The number of hydrogen-bond acceptors (Lipinski definition) is 5. The van der Waals surface area contributed by atoms with Crippen LogP contribution in [0.25, 0.3) is 6.08 Å². The quantitative estimate of drug-likeness (QED) is 0.784. The van der Waals surface area contributed by atoms with Crippen LogP contribution < -0.4 is 0 Å². The number of rotatable bonds is 3. The highest BCUT2D eigenvalue weighted by Crippen LogP contribution is 2.36. The molecule has 8 heteroatoms. The van der Waals surface area contributed by atoms with Crippen LogP contribution in [0, 0.1) is 5.82 Å². The highest BCUT2D eigenvalue weighted by molar-refractivity contribution is 8.18. The van der Waals surface area contributed by atoms with E-state index in [1.54, 1.807) is 0 Å². The molecule has 128 valence electrons. The van der Waals surface area contributed by atoms with Gasteiger partial charge in [0, 0.05) is 22.2 Å². The van der Waals surface area contributed by atoms with Gasteiger partial charge >= 0.3 is 0 Å². The first kappa shape index (κ1) is 17.3. The Hall–Kier alpha value is -2.51. The lowest BCUT2D eigenvalue weighted by atomic mass is 10.1. The molecule has 0 aliphatic carbocycles. The number of imide groups is 1. The molecule has 1 heterocycles. The lowest BCUT2D eigenvalue weighted by Gasteiger charge is -2.14. The van der Waals surface area contributed by atoms with Crippen LogP contribution in [0.2, 0.25) is 5.02 Å². The van der Waals surface area contributed by atoms with Crippen LogP contribution in [-0.2, 0) is 11.3 Å². The molecule has 3 rings (SSSR count). The second-order valence-electron chi connectivity index (χ2n) is 5.21. The zero-order chi connectivity index (χ0) is 18.1. The maximum atomic E-state index is 13.9. The summed E-state index contributed by atoms with van der Waals surface area (Å²) in [5.41, 5.74) is 0.326. The van der Waals surface area contributed by atoms with Crippen molar-refractivity contribution in [3.05, 3.63) is 63.3 Å². The number of nitrogens with zero attached hydrogens (tertiary/aromatic N) is 1. The van der Waals surface area contributed by atoms with Gasteiger partial charge in [0.25, 0.3) is 11.1 Å². The number of halogens is 2. The molecule has 0 spiro atoms. The molecule has 0 bridgehead atoms. The zero-order valence-electron chi connectivity index (χ0n) is 12.6. The Morgan fingerprint density at radius 2 is 1.96 bits per heavy atom. The molecule has 1 fully saturated rings. The molecule has 1 aliphatic heterocycles. The highest BCUT2D eigenvalue weighted by Gasteiger charge is 2.36. The van der Waals surface area contributed by atoms with E-state index in [9.17, 15) is 24.2 Å². The van der Waals surface area contributed by atoms with Gasteiger partial charge in [0.05, 0.1) is 11.4 Å². The van der Waals surface area contributed by atoms with Gasteiger partial charge in [-0.3, -0.25) is 14.5 Å². The number of phenolic OH excluding ortho intramolecular Hbond substituents is 2. The number of thioether (sulfide) groups is 1. The number of carbonyl (C=O) groups is 2. The molecule has 1 aliphatic rings. The Morgan fingerprint density at radius 1 is 1.20 bits per heavy atom. The molecule has 25 heavy (non-hydrogen) atoms. The molecular formula is C17H11ClFNO4S. The fourth-order valence-corrected chi connectivity index (χ4v) is 3.33. The number of hydrogen-bond donors (Lipinski definition) is 2. The molecule has 2 aromatic carbocycles. The molecule has 0 unspecified atom stereocenters. The van der Waals surface area contributed by atoms with E-state index in [0.717, 1.165) is 11.0 Å². The van der Waals surface area contributed by atoms with Gasteiger partial charge in [0.1, 0.15) is 17.3 Å². The van der Waals surface area contributed by atoms with Crippen molar-refractivity contribution in [1.82, 2.24) is 4.90 Å². The van der Waals surface area contributed by atoms with Gasteiger partial charge in [0.2, 0.25) is 0 Å². The summed E-state index contributed by atoms with van der Waals surface area (Å²) >= 11 is 6.62. The minimum atomic E-state index is -0.609. The molecule has 0 atom stereocenters. The maximum absolute atomic E-state index is 13.9. The van der Waals surface area contributed by atoms with E-state index >= 15 is 0 Å². The van der Waals surface area contributed by atoms with Gasteiger partial charge in [-0.05, 0) is 42.1 Å². The molecule has 5 nitrogen and oxygen atoms in total. The van der Waals surface area contributed by atoms with E-state index in [1.165, 1.54) is 36.4 Å². The molecule has 1 saturated heterocycles. The van der Waals surface area contributed by atoms with Gasteiger partial charge in [0.15, 0.2) is 0 Å². The Labute approximate surface area is 151 Å².